The van der Waals surface area contributed by atoms with Gasteiger partial charge in [0, 0.05) is 43.4 Å². The second-order valence-electron chi connectivity index (χ2n) is 7.01. The van der Waals surface area contributed by atoms with Crippen LogP contribution in [0.2, 0.25) is 0 Å². The molecule has 27 heavy (non-hydrogen) atoms. The summed E-state index contributed by atoms with van der Waals surface area (Å²) in [5.41, 5.74) is 1.87. The molecule has 0 atom stereocenters. The summed E-state index contributed by atoms with van der Waals surface area (Å²) in [5.74, 6) is 2.22. The lowest BCUT2D eigenvalue weighted by Crippen LogP contribution is -2.30. The first-order chi connectivity index (χ1) is 13.2. The molecule has 0 saturated carbocycles. The third-order valence-corrected chi connectivity index (χ3v) is 5.20. The summed E-state index contributed by atoms with van der Waals surface area (Å²) in [6, 6.07) is 11.0. The molecule has 2 aromatic rings. The number of halogens is 1. The maximum atomic E-state index is 13.9. The van der Waals surface area contributed by atoms with Crippen molar-refractivity contribution in [1.82, 2.24) is 9.80 Å². The molecule has 1 saturated heterocycles. The van der Waals surface area contributed by atoms with E-state index in [0.29, 0.717) is 6.54 Å². The van der Waals surface area contributed by atoms with E-state index in [-0.39, 0.29) is 12.6 Å². The summed E-state index contributed by atoms with van der Waals surface area (Å²) >= 11 is 0. The summed E-state index contributed by atoms with van der Waals surface area (Å²) in [6.07, 6.45) is 1.06. The van der Waals surface area contributed by atoms with Gasteiger partial charge in [-0.2, -0.15) is 0 Å². The van der Waals surface area contributed by atoms with Crippen molar-refractivity contribution in [3.63, 3.8) is 0 Å². The Bertz CT molecular complexity index is 799. The van der Waals surface area contributed by atoms with Crippen LogP contribution < -0.4 is 14.2 Å². The number of rotatable bonds is 5. The highest BCUT2D eigenvalue weighted by Crippen LogP contribution is 2.38. The van der Waals surface area contributed by atoms with Crippen molar-refractivity contribution < 1.29 is 18.6 Å². The van der Waals surface area contributed by atoms with Gasteiger partial charge >= 0.3 is 0 Å². The lowest BCUT2D eigenvalue weighted by atomic mass is 10.1. The SMILES string of the molecule is COc1cc2c(cc1CN1CCCN(Cc3ccccc3F)CC1)OCO2. The van der Waals surface area contributed by atoms with Gasteiger partial charge in [-0.05, 0) is 31.6 Å². The average Bonchev–Trinajstić information content (AvgIpc) is 3.02. The third-order valence-electron chi connectivity index (χ3n) is 5.20. The molecule has 0 aliphatic carbocycles. The zero-order valence-electron chi connectivity index (χ0n) is 15.6. The van der Waals surface area contributed by atoms with Crippen molar-refractivity contribution in [3.05, 3.63) is 53.3 Å². The molecule has 2 aliphatic rings. The van der Waals surface area contributed by atoms with Gasteiger partial charge in [0.25, 0.3) is 0 Å². The van der Waals surface area contributed by atoms with Crippen molar-refractivity contribution in [1.29, 1.82) is 0 Å². The van der Waals surface area contributed by atoms with E-state index in [4.69, 9.17) is 14.2 Å². The van der Waals surface area contributed by atoms with Crippen LogP contribution in [0, 0.1) is 5.82 Å². The zero-order valence-corrected chi connectivity index (χ0v) is 15.6. The highest BCUT2D eigenvalue weighted by molar-refractivity contribution is 5.51. The molecule has 5 nitrogen and oxygen atoms in total. The van der Waals surface area contributed by atoms with E-state index in [1.54, 1.807) is 13.2 Å². The highest BCUT2D eigenvalue weighted by atomic mass is 19.1. The van der Waals surface area contributed by atoms with E-state index in [2.05, 4.69) is 9.80 Å². The lowest BCUT2D eigenvalue weighted by molar-refractivity contribution is 0.173. The Hall–Kier alpha value is -2.31. The second kappa shape index (κ2) is 8.15. The fraction of sp³-hybridized carbons (Fsp3) is 0.429. The van der Waals surface area contributed by atoms with E-state index in [1.807, 2.05) is 24.3 Å². The summed E-state index contributed by atoms with van der Waals surface area (Å²) < 4.78 is 30.4. The van der Waals surface area contributed by atoms with Gasteiger partial charge in [0.1, 0.15) is 11.6 Å². The molecule has 1 fully saturated rings. The molecule has 0 unspecified atom stereocenters. The van der Waals surface area contributed by atoms with Crippen LogP contribution in [-0.2, 0) is 13.1 Å². The first-order valence-corrected chi connectivity index (χ1v) is 9.37. The molecule has 2 heterocycles. The highest BCUT2D eigenvalue weighted by Gasteiger charge is 2.21. The molecule has 2 aliphatic heterocycles. The number of benzene rings is 2. The normalized spacial score (nSPS) is 17.7. The molecule has 6 heteroatoms. The third kappa shape index (κ3) is 4.17. The van der Waals surface area contributed by atoms with Crippen LogP contribution in [0.3, 0.4) is 0 Å². The Morgan fingerprint density at radius 2 is 1.59 bits per heavy atom. The first-order valence-electron chi connectivity index (χ1n) is 9.37. The van der Waals surface area contributed by atoms with Gasteiger partial charge in [-0.3, -0.25) is 9.80 Å². The van der Waals surface area contributed by atoms with Crippen molar-refractivity contribution in [2.45, 2.75) is 19.5 Å². The Balaban J connectivity index is 1.40. The topological polar surface area (TPSA) is 34.2 Å². The van der Waals surface area contributed by atoms with Crippen LogP contribution in [0.1, 0.15) is 17.5 Å². The van der Waals surface area contributed by atoms with E-state index in [1.165, 1.54) is 6.07 Å². The van der Waals surface area contributed by atoms with E-state index >= 15 is 0 Å². The Morgan fingerprint density at radius 1 is 0.926 bits per heavy atom. The Kier molecular flexibility index (Phi) is 5.45. The number of fused-ring (bicyclic) bond motifs is 1. The molecule has 0 amide bonds. The Labute approximate surface area is 159 Å². The standard InChI is InChI=1S/C21H25FN2O3/c1-25-19-12-21-20(26-15-27-21)11-17(19)14-24-8-4-7-23(9-10-24)13-16-5-2-3-6-18(16)22/h2-3,5-6,11-12H,4,7-10,13-15H2,1H3. The van der Waals surface area contributed by atoms with Gasteiger partial charge in [-0.25, -0.2) is 4.39 Å². The molecule has 0 bridgehead atoms. The molecule has 2 aromatic carbocycles. The first kappa shape index (κ1) is 18.1. The van der Waals surface area contributed by atoms with Crippen LogP contribution in [0.4, 0.5) is 4.39 Å². The molecule has 0 radical (unpaired) electrons. The van der Waals surface area contributed by atoms with Crippen LogP contribution in [0.15, 0.2) is 36.4 Å². The van der Waals surface area contributed by atoms with Crippen LogP contribution >= 0.6 is 0 Å². The van der Waals surface area contributed by atoms with Gasteiger partial charge in [-0.15, -0.1) is 0 Å². The summed E-state index contributed by atoms with van der Waals surface area (Å²) in [4.78, 5) is 4.75. The monoisotopic (exact) mass is 372 g/mol. The van der Waals surface area contributed by atoms with Gasteiger partial charge < -0.3 is 14.2 Å². The van der Waals surface area contributed by atoms with Gasteiger partial charge in [0.2, 0.25) is 6.79 Å². The van der Waals surface area contributed by atoms with E-state index in [0.717, 1.165) is 67.5 Å². The maximum absolute atomic E-state index is 13.9. The van der Waals surface area contributed by atoms with E-state index in [9.17, 15) is 4.39 Å². The van der Waals surface area contributed by atoms with Gasteiger partial charge in [-0.1, -0.05) is 18.2 Å². The molecule has 0 spiro atoms. The van der Waals surface area contributed by atoms with Crippen molar-refractivity contribution >= 4 is 0 Å². The van der Waals surface area contributed by atoms with Crippen molar-refractivity contribution in [2.75, 3.05) is 40.1 Å². The van der Waals surface area contributed by atoms with Crippen LogP contribution in [0.5, 0.6) is 17.2 Å². The molecular weight excluding hydrogens is 347 g/mol. The molecule has 0 aromatic heterocycles. The second-order valence-corrected chi connectivity index (χ2v) is 7.01. The number of nitrogens with zero attached hydrogens (tertiary/aromatic N) is 2. The minimum absolute atomic E-state index is 0.122. The van der Waals surface area contributed by atoms with Crippen molar-refractivity contribution in [2.24, 2.45) is 0 Å². The molecule has 0 N–H and O–H groups in total. The van der Waals surface area contributed by atoms with Crippen molar-refractivity contribution in [3.8, 4) is 17.2 Å². The summed E-state index contributed by atoms with van der Waals surface area (Å²) in [5, 5.41) is 0. The number of ether oxygens (including phenoxy) is 3. The largest absolute Gasteiger partial charge is 0.496 e. The van der Waals surface area contributed by atoms with E-state index < -0.39 is 0 Å². The predicted molar refractivity (Wildman–Crippen MR) is 101 cm³/mol. The average molecular weight is 372 g/mol. The van der Waals surface area contributed by atoms with Crippen LogP contribution in [0.25, 0.3) is 0 Å². The maximum Gasteiger partial charge on any atom is 0.231 e. The summed E-state index contributed by atoms with van der Waals surface area (Å²) in [7, 11) is 1.68. The predicted octanol–water partition coefficient (Wildman–Crippen LogP) is 3.27. The molecule has 4 rings (SSSR count). The lowest BCUT2D eigenvalue weighted by Gasteiger charge is -2.23. The minimum atomic E-state index is -0.122. The fourth-order valence-corrected chi connectivity index (χ4v) is 3.73. The van der Waals surface area contributed by atoms with Crippen LogP contribution in [-0.4, -0.2) is 49.9 Å². The number of hydrogen-bond donors (Lipinski definition) is 0. The summed E-state index contributed by atoms with van der Waals surface area (Å²) in [6.45, 7) is 5.56. The smallest absolute Gasteiger partial charge is 0.231 e. The van der Waals surface area contributed by atoms with Gasteiger partial charge in [0.15, 0.2) is 11.5 Å². The van der Waals surface area contributed by atoms with Gasteiger partial charge in [0.05, 0.1) is 7.11 Å². The minimum Gasteiger partial charge on any atom is -0.496 e. The molecule has 144 valence electrons. The zero-order chi connectivity index (χ0) is 18.6. The molecular formula is C21H25FN2O3. The fourth-order valence-electron chi connectivity index (χ4n) is 3.73. The quantitative estimate of drug-likeness (QED) is 0.805. The number of methoxy groups -OCH3 is 1. The Morgan fingerprint density at radius 3 is 2.30 bits per heavy atom. The number of hydrogen-bond acceptors (Lipinski definition) is 5.